The van der Waals surface area contributed by atoms with Crippen molar-refractivity contribution in [3.63, 3.8) is 0 Å². The van der Waals surface area contributed by atoms with Crippen LogP contribution in [0.15, 0.2) is 30.5 Å². The molecule has 98 valence electrons. The van der Waals surface area contributed by atoms with Gasteiger partial charge in [-0.3, -0.25) is 0 Å². The first kappa shape index (κ1) is 13.1. The molecule has 1 aromatic heterocycles. The molecule has 0 radical (unpaired) electrons. The molecule has 0 spiro atoms. The molecule has 0 bridgehead atoms. The van der Waals surface area contributed by atoms with Crippen LogP contribution in [0, 0.1) is 5.92 Å². The topological polar surface area (TPSA) is 48.0 Å². The lowest BCUT2D eigenvalue weighted by atomic mass is 10.1. The summed E-state index contributed by atoms with van der Waals surface area (Å²) in [6, 6.07) is 8.80. The maximum atomic E-state index is 9.00. The molecule has 1 unspecified atom stereocenters. The zero-order valence-corrected chi connectivity index (χ0v) is 11.1. The van der Waals surface area contributed by atoms with Gasteiger partial charge in [-0.05, 0) is 30.9 Å². The summed E-state index contributed by atoms with van der Waals surface area (Å²) in [5, 5.41) is 13.8. The van der Waals surface area contributed by atoms with Crippen LogP contribution >= 0.6 is 0 Å². The minimum Gasteiger partial charge on any atom is -0.396 e. The van der Waals surface area contributed by atoms with Crippen molar-refractivity contribution in [2.75, 3.05) is 13.2 Å². The molecule has 3 heteroatoms. The van der Waals surface area contributed by atoms with Gasteiger partial charge in [0.25, 0.3) is 0 Å². The fourth-order valence-corrected chi connectivity index (χ4v) is 2.17. The van der Waals surface area contributed by atoms with Gasteiger partial charge in [0, 0.05) is 36.3 Å². The molecule has 1 heterocycles. The number of aromatic nitrogens is 1. The van der Waals surface area contributed by atoms with Crippen molar-refractivity contribution in [3.05, 3.63) is 36.0 Å². The Hall–Kier alpha value is -1.32. The minimum atomic E-state index is 0.243. The highest BCUT2D eigenvalue weighted by atomic mass is 16.3. The fourth-order valence-electron chi connectivity index (χ4n) is 2.17. The van der Waals surface area contributed by atoms with Crippen LogP contribution < -0.4 is 5.32 Å². The number of H-pyrrole nitrogens is 1. The maximum absolute atomic E-state index is 9.00. The average Bonchev–Trinajstić information content (AvgIpc) is 2.79. The van der Waals surface area contributed by atoms with Crippen LogP contribution in [-0.4, -0.2) is 29.3 Å². The van der Waals surface area contributed by atoms with Gasteiger partial charge in [0.05, 0.1) is 0 Å². The lowest BCUT2D eigenvalue weighted by Crippen LogP contribution is -2.32. The van der Waals surface area contributed by atoms with Crippen molar-refractivity contribution in [3.8, 4) is 0 Å². The number of hydrogen-bond donors (Lipinski definition) is 3. The number of benzene rings is 1. The molecular formula is C15H22N2O. The molecule has 2 aromatic rings. The van der Waals surface area contributed by atoms with Crippen molar-refractivity contribution in [1.82, 2.24) is 10.3 Å². The molecule has 0 amide bonds. The number of aliphatic hydroxyl groups is 1. The van der Waals surface area contributed by atoms with E-state index in [1.807, 2.05) is 13.0 Å². The van der Waals surface area contributed by atoms with Crippen molar-refractivity contribution in [2.24, 2.45) is 5.92 Å². The molecule has 0 saturated heterocycles. The van der Waals surface area contributed by atoms with Gasteiger partial charge >= 0.3 is 0 Å². The van der Waals surface area contributed by atoms with Gasteiger partial charge < -0.3 is 15.4 Å². The second-order valence-electron chi connectivity index (χ2n) is 5.16. The third kappa shape index (κ3) is 3.12. The van der Waals surface area contributed by atoms with E-state index in [0.717, 1.165) is 13.0 Å². The number of aromatic amines is 1. The van der Waals surface area contributed by atoms with E-state index in [4.69, 9.17) is 5.11 Å². The Morgan fingerprint density at radius 2 is 2.06 bits per heavy atom. The van der Waals surface area contributed by atoms with Crippen molar-refractivity contribution in [1.29, 1.82) is 0 Å². The van der Waals surface area contributed by atoms with E-state index in [-0.39, 0.29) is 6.61 Å². The van der Waals surface area contributed by atoms with Gasteiger partial charge in [0.15, 0.2) is 0 Å². The molecule has 3 nitrogen and oxygen atoms in total. The largest absolute Gasteiger partial charge is 0.396 e. The average molecular weight is 246 g/mol. The normalized spacial score (nSPS) is 14.8. The summed E-state index contributed by atoms with van der Waals surface area (Å²) in [5.74, 6) is 0.315. The highest BCUT2D eigenvalue weighted by Gasteiger charge is 2.09. The van der Waals surface area contributed by atoms with Crippen LogP contribution in [0.25, 0.3) is 10.9 Å². The molecule has 0 aliphatic heterocycles. The van der Waals surface area contributed by atoms with Gasteiger partial charge in [0.1, 0.15) is 0 Å². The SMILES string of the molecule is CC(CO)CN[C@H](C)Cc1c[nH]c2ccccc12. The second kappa shape index (κ2) is 6.03. The fraction of sp³-hybridized carbons (Fsp3) is 0.467. The first-order valence-electron chi connectivity index (χ1n) is 6.60. The quantitative estimate of drug-likeness (QED) is 0.732. The van der Waals surface area contributed by atoms with Crippen LogP contribution in [0.2, 0.25) is 0 Å². The van der Waals surface area contributed by atoms with Crippen molar-refractivity contribution in [2.45, 2.75) is 26.3 Å². The molecule has 0 aliphatic rings. The number of para-hydroxylation sites is 1. The third-order valence-corrected chi connectivity index (χ3v) is 3.33. The van der Waals surface area contributed by atoms with Gasteiger partial charge in [0.2, 0.25) is 0 Å². The molecule has 0 saturated carbocycles. The number of aliphatic hydroxyl groups excluding tert-OH is 1. The minimum absolute atomic E-state index is 0.243. The number of rotatable bonds is 6. The summed E-state index contributed by atoms with van der Waals surface area (Å²) < 4.78 is 0. The van der Waals surface area contributed by atoms with Gasteiger partial charge in [-0.25, -0.2) is 0 Å². The summed E-state index contributed by atoms with van der Waals surface area (Å²) in [5.41, 5.74) is 2.55. The molecule has 0 aliphatic carbocycles. The van der Waals surface area contributed by atoms with E-state index in [2.05, 4.69) is 41.6 Å². The summed E-state index contributed by atoms with van der Waals surface area (Å²) in [4.78, 5) is 3.30. The van der Waals surface area contributed by atoms with E-state index in [1.165, 1.54) is 16.5 Å². The summed E-state index contributed by atoms with van der Waals surface area (Å²) in [6.45, 7) is 5.34. The van der Waals surface area contributed by atoms with Crippen LogP contribution in [0.1, 0.15) is 19.4 Å². The van der Waals surface area contributed by atoms with Crippen LogP contribution in [0.5, 0.6) is 0 Å². The lowest BCUT2D eigenvalue weighted by molar-refractivity contribution is 0.231. The zero-order valence-electron chi connectivity index (χ0n) is 11.1. The van der Waals surface area contributed by atoms with Crippen LogP contribution in [-0.2, 0) is 6.42 Å². The van der Waals surface area contributed by atoms with E-state index in [0.29, 0.717) is 12.0 Å². The van der Waals surface area contributed by atoms with E-state index in [9.17, 15) is 0 Å². The van der Waals surface area contributed by atoms with E-state index >= 15 is 0 Å². The molecule has 18 heavy (non-hydrogen) atoms. The first-order valence-corrected chi connectivity index (χ1v) is 6.60. The predicted octanol–water partition coefficient (Wildman–Crippen LogP) is 2.32. The summed E-state index contributed by atoms with van der Waals surface area (Å²) in [6.07, 6.45) is 3.10. The van der Waals surface area contributed by atoms with E-state index < -0.39 is 0 Å². The number of nitrogens with one attached hydrogen (secondary N) is 2. The third-order valence-electron chi connectivity index (χ3n) is 3.33. The molecule has 2 rings (SSSR count). The maximum Gasteiger partial charge on any atom is 0.0468 e. The Bertz CT molecular complexity index is 492. The standard InChI is InChI=1S/C15H22N2O/c1-11(10-18)8-16-12(2)7-13-9-17-15-6-4-3-5-14(13)15/h3-6,9,11-12,16-18H,7-8,10H2,1-2H3/t11?,12-/m1/s1. The highest BCUT2D eigenvalue weighted by molar-refractivity contribution is 5.83. The molecule has 0 fully saturated rings. The van der Waals surface area contributed by atoms with Crippen LogP contribution in [0.4, 0.5) is 0 Å². The Kier molecular flexibility index (Phi) is 4.39. The molecule has 3 N–H and O–H groups in total. The van der Waals surface area contributed by atoms with Gasteiger partial charge in [-0.2, -0.15) is 0 Å². The molecule has 2 atom stereocenters. The summed E-state index contributed by atoms with van der Waals surface area (Å²) in [7, 11) is 0. The van der Waals surface area contributed by atoms with E-state index in [1.54, 1.807) is 0 Å². The predicted molar refractivity (Wildman–Crippen MR) is 75.7 cm³/mol. The first-order chi connectivity index (χ1) is 8.70. The monoisotopic (exact) mass is 246 g/mol. The Labute approximate surface area is 108 Å². The second-order valence-corrected chi connectivity index (χ2v) is 5.16. The van der Waals surface area contributed by atoms with Gasteiger partial charge in [-0.15, -0.1) is 0 Å². The highest BCUT2D eigenvalue weighted by Crippen LogP contribution is 2.18. The number of hydrogen-bond acceptors (Lipinski definition) is 2. The van der Waals surface area contributed by atoms with Crippen molar-refractivity contribution >= 4 is 10.9 Å². The van der Waals surface area contributed by atoms with Crippen LogP contribution in [0.3, 0.4) is 0 Å². The Morgan fingerprint density at radius 1 is 1.28 bits per heavy atom. The van der Waals surface area contributed by atoms with Crippen molar-refractivity contribution < 1.29 is 5.11 Å². The Balaban J connectivity index is 1.96. The molecule has 1 aromatic carbocycles. The smallest absolute Gasteiger partial charge is 0.0468 e. The van der Waals surface area contributed by atoms with Gasteiger partial charge in [-0.1, -0.05) is 25.1 Å². The lowest BCUT2D eigenvalue weighted by Gasteiger charge is -2.16. The summed E-state index contributed by atoms with van der Waals surface area (Å²) >= 11 is 0. The Morgan fingerprint density at radius 3 is 2.83 bits per heavy atom. The zero-order chi connectivity index (χ0) is 13.0. The number of fused-ring (bicyclic) bond motifs is 1. The molecular weight excluding hydrogens is 224 g/mol.